The third-order valence-corrected chi connectivity index (χ3v) is 7.03. The molecule has 3 aromatic heterocycles. The number of fused-ring (bicyclic) bond motifs is 1. The molecule has 0 bridgehead atoms. The van der Waals surface area contributed by atoms with Gasteiger partial charge in [-0.3, -0.25) is 4.79 Å². The fraction of sp³-hybridized carbons (Fsp3) is 0.273. The van der Waals surface area contributed by atoms with Crippen LogP contribution in [0.25, 0.3) is 32.9 Å². The van der Waals surface area contributed by atoms with Crippen LogP contribution in [-0.4, -0.2) is 44.3 Å². The number of nitrogens with zero attached hydrogens (tertiary/aromatic N) is 4. The first-order chi connectivity index (χ1) is 20.3. The maximum Gasteiger partial charge on any atom is 0.250 e. The van der Waals surface area contributed by atoms with Crippen molar-refractivity contribution in [1.82, 2.24) is 19.9 Å². The highest BCUT2D eigenvalue weighted by Crippen LogP contribution is 2.32. The smallest absolute Gasteiger partial charge is 0.250 e. The van der Waals surface area contributed by atoms with E-state index in [9.17, 15) is 9.90 Å². The molecule has 2 N–H and O–H groups in total. The molecule has 0 aliphatic carbocycles. The molecule has 2 aromatic carbocycles. The number of carbonyl (C=O) groups excluding carboxylic acids is 1. The van der Waals surface area contributed by atoms with Gasteiger partial charge >= 0.3 is 0 Å². The van der Waals surface area contributed by atoms with E-state index in [1.165, 1.54) is 6.07 Å². The van der Waals surface area contributed by atoms with E-state index in [0.717, 1.165) is 45.0 Å². The zero-order valence-electron chi connectivity index (χ0n) is 24.1. The Morgan fingerprint density at radius 1 is 1.17 bits per heavy atom. The van der Waals surface area contributed by atoms with Crippen molar-refractivity contribution >= 4 is 17.2 Å². The van der Waals surface area contributed by atoms with E-state index in [2.05, 4.69) is 15.3 Å². The minimum absolute atomic E-state index is 0.0633. The number of aryl methyl sites for hydroxylation is 2. The molecule has 0 spiro atoms. The number of pyridine rings is 1. The van der Waals surface area contributed by atoms with E-state index >= 15 is 0 Å². The lowest BCUT2D eigenvalue weighted by molar-refractivity contribution is 0.0930. The van der Waals surface area contributed by atoms with E-state index in [4.69, 9.17) is 20.8 Å². The number of aliphatic hydroxyl groups excluding tert-OH is 1. The molecule has 5 aromatic rings. The number of imidazole rings is 1. The third-order valence-electron chi connectivity index (χ3n) is 7.03. The van der Waals surface area contributed by atoms with Crippen LogP contribution in [0.2, 0.25) is 0 Å². The lowest BCUT2D eigenvalue weighted by Gasteiger charge is -2.19. The molecule has 0 saturated carbocycles. The first-order valence-electron chi connectivity index (χ1n) is 13.9. The summed E-state index contributed by atoms with van der Waals surface area (Å²) in [7, 11) is 0. The molecule has 0 saturated heterocycles. The van der Waals surface area contributed by atoms with Crippen molar-refractivity contribution in [3.05, 3.63) is 101 Å². The van der Waals surface area contributed by atoms with Gasteiger partial charge in [0.05, 0.1) is 29.6 Å². The Labute approximate surface area is 244 Å². The van der Waals surface area contributed by atoms with Crippen LogP contribution in [0.5, 0.6) is 5.75 Å². The molecular weight excluding hydrogens is 530 g/mol. The van der Waals surface area contributed by atoms with E-state index in [-0.39, 0.29) is 30.3 Å². The molecule has 42 heavy (non-hydrogen) atoms. The van der Waals surface area contributed by atoms with Crippen LogP contribution in [0.4, 0.5) is 5.69 Å². The summed E-state index contributed by atoms with van der Waals surface area (Å²) in [5.74, 6) is 0.905. The second-order valence-electron chi connectivity index (χ2n) is 10.5. The molecule has 0 radical (unpaired) electrons. The summed E-state index contributed by atoms with van der Waals surface area (Å²) >= 11 is 0. The highest BCUT2D eigenvalue weighted by atomic mass is 16.5. The summed E-state index contributed by atoms with van der Waals surface area (Å²) in [4.78, 5) is 21.5. The molecule has 0 aliphatic rings. The lowest BCUT2D eigenvalue weighted by Crippen LogP contribution is -2.37. The van der Waals surface area contributed by atoms with E-state index in [1.54, 1.807) is 12.1 Å². The average molecular weight is 564 g/mol. The second-order valence-corrected chi connectivity index (χ2v) is 10.5. The Bertz CT molecular complexity index is 1740. The number of aliphatic hydroxyl groups is 1. The van der Waals surface area contributed by atoms with Gasteiger partial charge in [0.15, 0.2) is 0 Å². The quantitative estimate of drug-likeness (QED) is 0.192. The molecule has 214 valence electrons. The number of nitrogens with one attached hydrogen (secondary N) is 1. The van der Waals surface area contributed by atoms with E-state index in [0.29, 0.717) is 24.2 Å². The molecule has 9 nitrogen and oxygen atoms in total. The summed E-state index contributed by atoms with van der Waals surface area (Å²) in [6, 6.07) is 16.6. The van der Waals surface area contributed by atoms with Gasteiger partial charge in [-0.05, 0) is 76.4 Å². The van der Waals surface area contributed by atoms with Gasteiger partial charge < -0.3 is 24.1 Å². The van der Waals surface area contributed by atoms with Gasteiger partial charge in [0, 0.05) is 41.7 Å². The predicted octanol–water partition coefficient (Wildman–Crippen LogP) is 6.33. The molecular formula is C33H33N5O4. The minimum Gasteiger partial charge on any atom is -0.502 e. The number of hydrogen-bond acceptors (Lipinski definition) is 6. The van der Waals surface area contributed by atoms with Gasteiger partial charge in [0.1, 0.15) is 17.2 Å². The van der Waals surface area contributed by atoms with Crippen molar-refractivity contribution < 1.29 is 19.2 Å². The predicted molar refractivity (Wildman–Crippen MR) is 161 cm³/mol. The van der Waals surface area contributed by atoms with Crippen molar-refractivity contribution in [1.29, 1.82) is 0 Å². The van der Waals surface area contributed by atoms with Crippen molar-refractivity contribution in [3.8, 4) is 28.1 Å². The fourth-order valence-electron chi connectivity index (χ4n) is 5.06. The number of carbonyl (C=O) groups is 1. The van der Waals surface area contributed by atoms with Gasteiger partial charge in [0.25, 0.3) is 0 Å². The summed E-state index contributed by atoms with van der Waals surface area (Å²) in [5, 5.41) is 16.8. The average Bonchev–Trinajstić information content (AvgIpc) is 3.56. The molecule has 9 heteroatoms. The topological polar surface area (TPSA) is 106 Å². The molecule has 0 fully saturated rings. The highest BCUT2D eigenvalue weighted by Gasteiger charge is 2.18. The number of amides is 1. The lowest BCUT2D eigenvalue weighted by atomic mass is 10.0. The zero-order chi connectivity index (χ0) is 29.8. The molecule has 0 aliphatic heterocycles. The van der Waals surface area contributed by atoms with Crippen molar-refractivity contribution in [2.45, 2.75) is 52.7 Å². The summed E-state index contributed by atoms with van der Waals surface area (Å²) in [6.45, 7) is 15.0. The van der Waals surface area contributed by atoms with Crippen molar-refractivity contribution in [2.75, 3.05) is 6.61 Å². The Balaban J connectivity index is 1.32. The number of aromatic nitrogens is 3. The standard InChI is InChI=1S/C33H33N5O4/c1-20(2)41-30-13-12-25(18-28(30)34-5)33(40)35-26(14-16-39)17-23-8-10-24(11-9-23)29-19-38-15-6-7-27(32(38)36-29)31-21(3)37-42-22(31)4/h6-13,15,18-20,26,39H,14,16-17H2,1-4H3,(H,35,40)/t26-/m1/s1. The first-order valence-corrected chi connectivity index (χ1v) is 13.9. The Hall–Kier alpha value is -4.94. The van der Waals surface area contributed by atoms with Crippen LogP contribution in [0.3, 0.4) is 0 Å². The van der Waals surface area contributed by atoms with Crippen LogP contribution in [0.1, 0.15) is 47.6 Å². The maximum absolute atomic E-state index is 13.0. The highest BCUT2D eigenvalue weighted by molar-refractivity contribution is 5.96. The van der Waals surface area contributed by atoms with Crippen LogP contribution in [-0.2, 0) is 6.42 Å². The molecule has 3 heterocycles. The van der Waals surface area contributed by atoms with Gasteiger partial charge in [-0.15, -0.1) is 0 Å². The number of rotatable bonds is 10. The minimum atomic E-state index is -0.301. The summed E-state index contributed by atoms with van der Waals surface area (Å²) < 4.78 is 13.1. The van der Waals surface area contributed by atoms with Gasteiger partial charge in [0.2, 0.25) is 11.6 Å². The number of benzene rings is 2. The van der Waals surface area contributed by atoms with Crippen LogP contribution in [0, 0.1) is 20.4 Å². The van der Waals surface area contributed by atoms with E-state index in [1.807, 2.05) is 80.9 Å². The Morgan fingerprint density at radius 3 is 2.62 bits per heavy atom. The van der Waals surface area contributed by atoms with Crippen LogP contribution >= 0.6 is 0 Å². The first kappa shape index (κ1) is 28.6. The second kappa shape index (κ2) is 12.3. The Kier molecular flexibility index (Phi) is 8.36. The number of hydrogen-bond donors (Lipinski definition) is 2. The van der Waals surface area contributed by atoms with Crippen molar-refractivity contribution in [2.24, 2.45) is 0 Å². The van der Waals surface area contributed by atoms with Gasteiger partial charge in [-0.2, -0.15) is 0 Å². The molecule has 1 atom stereocenters. The fourth-order valence-corrected chi connectivity index (χ4v) is 5.06. The summed E-state index contributed by atoms with van der Waals surface area (Å²) in [5.41, 5.74) is 7.03. The van der Waals surface area contributed by atoms with Gasteiger partial charge in [-0.25, -0.2) is 9.83 Å². The summed E-state index contributed by atoms with van der Waals surface area (Å²) in [6.07, 6.45) is 4.82. The molecule has 5 rings (SSSR count). The van der Waals surface area contributed by atoms with Crippen molar-refractivity contribution in [3.63, 3.8) is 0 Å². The SMILES string of the molecule is [C-]#[N+]c1cc(C(=O)N[C@H](CCO)Cc2ccc(-c3cn4cccc(-c5c(C)noc5C)c4n3)cc2)ccc1OC(C)C. The largest absolute Gasteiger partial charge is 0.502 e. The molecule has 1 amide bonds. The normalized spacial score (nSPS) is 11.9. The third kappa shape index (κ3) is 6.04. The monoisotopic (exact) mass is 563 g/mol. The van der Waals surface area contributed by atoms with Gasteiger partial charge in [-0.1, -0.05) is 29.4 Å². The maximum atomic E-state index is 13.0. The number of ether oxygens (including phenoxy) is 1. The zero-order valence-corrected chi connectivity index (χ0v) is 24.1. The Morgan fingerprint density at radius 2 is 1.95 bits per heavy atom. The van der Waals surface area contributed by atoms with E-state index < -0.39 is 0 Å². The van der Waals surface area contributed by atoms with Crippen LogP contribution in [0.15, 0.2) is 71.5 Å². The van der Waals surface area contributed by atoms with Crippen LogP contribution < -0.4 is 10.1 Å². The molecule has 0 unspecified atom stereocenters.